The van der Waals surface area contributed by atoms with Crippen LogP contribution in [0.25, 0.3) is 0 Å². The first kappa shape index (κ1) is 12.6. The lowest BCUT2D eigenvalue weighted by atomic mass is 10.1. The van der Waals surface area contributed by atoms with Crippen LogP contribution in [0.2, 0.25) is 0 Å². The van der Waals surface area contributed by atoms with E-state index in [9.17, 15) is 4.79 Å². The van der Waals surface area contributed by atoms with E-state index in [1.165, 1.54) is 0 Å². The summed E-state index contributed by atoms with van der Waals surface area (Å²) in [5.74, 6) is -0.141. The van der Waals surface area contributed by atoms with E-state index < -0.39 is 0 Å². The highest BCUT2D eigenvalue weighted by Gasteiger charge is 2.09. The highest BCUT2D eigenvalue weighted by molar-refractivity contribution is 9.10. The third-order valence-electron chi connectivity index (χ3n) is 2.53. The Bertz CT molecular complexity index is 555. The van der Waals surface area contributed by atoms with Gasteiger partial charge in [0.25, 0.3) is 5.91 Å². The first-order valence-corrected chi connectivity index (χ1v) is 6.33. The van der Waals surface area contributed by atoms with Crippen molar-refractivity contribution in [3.05, 3.63) is 64.1 Å². The molecule has 2 rings (SSSR count). The molecule has 0 saturated heterocycles. The molecule has 2 aromatic carbocycles. The molecule has 0 aliphatic heterocycles. The maximum Gasteiger partial charge on any atom is 0.252 e. The molecule has 0 aliphatic rings. The van der Waals surface area contributed by atoms with Gasteiger partial charge >= 0.3 is 0 Å². The third kappa shape index (κ3) is 3.11. The van der Waals surface area contributed by atoms with Crippen LogP contribution in [0, 0.1) is 0 Å². The summed E-state index contributed by atoms with van der Waals surface area (Å²) in [4.78, 5) is 12.0. The number of amides is 1. The number of nitrogen functional groups attached to an aromatic ring is 1. The number of rotatable bonds is 3. The minimum absolute atomic E-state index is 0.141. The first-order valence-electron chi connectivity index (χ1n) is 5.54. The van der Waals surface area contributed by atoms with E-state index in [1.54, 1.807) is 18.2 Å². The number of carbonyl (C=O) groups excluding carboxylic acids is 1. The van der Waals surface area contributed by atoms with Gasteiger partial charge in [0.05, 0.1) is 5.56 Å². The van der Waals surface area contributed by atoms with E-state index in [-0.39, 0.29) is 5.91 Å². The van der Waals surface area contributed by atoms with Crippen molar-refractivity contribution >= 4 is 27.5 Å². The lowest BCUT2D eigenvalue weighted by Gasteiger charge is -2.07. The standard InChI is InChI=1S/C14H13BrN2O/c15-13-7-6-11(16)8-12(13)14(18)17-9-10-4-2-1-3-5-10/h1-8H,9,16H2,(H,17,18). The molecule has 2 aromatic rings. The summed E-state index contributed by atoms with van der Waals surface area (Å²) in [6, 6.07) is 14.9. The quantitative estimate of drug-likeness (QED) is 0.857. The van der Waals surface area contributed by atoms with Gasteiger partial charge in [-0.3, -0.25) is 4.79 Å². The second-order valence-corrected chi connectivity index (χ2v) is 4.76. The van der Waals surface area contributed by atoms with Gasteiger partial charge in [0.2, 0.25) is 0 Å². The summed E-state index contributed by atoms with van der Waals surface area (Å²) in [6.07, 6.45) is 0. The van der Waals surface area contributed by atoms with E-state index >= 15 is 0 Å². The van der Waals surface area contributed by atoms with Gasteiger partial charge in [-0.2, -0.15) is 0 Å². The Morgan fingerprint density at radius 1 is 1.17 bits per heavy atom. The maximum absolute atomic E-state index is 12.0. The van der Waals surface area contributed by atoms with E-state index in [2.05, 4.69) is 21.2 Å². The predicted octanol–water partition coefficient (Wildman–Crippen LogP) is 2.96. The largest absolute Gasteiger partial charge is 0.399 e. The fourth-order valence-electron chi connectivity index (χ4n) is 1.59. The number of benzene rings is 2. The van der Waals surface area contributed by atoms with Gasteiger partial charge in [-0.25, -0.2) is 0 Å². The van der Waals surface area contributed by atoms with Crippen molar-refractivity contribution in [2.45, 2.75) is 6.54 Å². The molecule has 0 aromatic heterocycles. The summed E-state index contributed by atoms with van der Waals surface area (Å²) in [7, 11) is 0. The van der Waals surface area contributed by atoms with Crippen LogP contribution in [0.3, 0.4) is 0 Å². The molecule has 0 fully saturated rings. The minimum atomic E-state index is -0.141. The SMILES string of the molecule is Nc1ccc(Br)c(C(=O)NCc2ccccc2)c1. The molecule has 3 nitrogen and oxygen atoms in total. The van der Waals surface area contributed by atoms with Crippen molar-refractivity contribution < 1.29 is 4.79 Å². The zero-order chi connectivity index (χ0) is 13.0. The second kappa shape index (κ2) is 5.69. The highest BCUT2D eigenvalue weighted by Crippen LogP contribution is 2.19. The van der Waals surface area contributed by atoms with Crippen molar-refractivity contribution in [3.8, 4) is 0 Å². The predicted molar refractivity (Wildman–Crippen MR) is 76.2 cm³/mol. The number of carbonyl (C=O) groups is 1. The number of halogens is 1. The number of hydrogen-bond donors (Lipinski definition) is 2. The Morgan fingerprint density at radius 3 is 2.61 bits per heavy atom. The Kier molecular flexibility index (Phi) is 3.99. The molecule has 0 heterocycles. The van der Waals surface area contributed by atoms with Crippen LogP contribution in [0.1, 0.15) is 15.9 Å². The van der Waals surface area contributed by atoms with Crippen molar-refractivity contribution in [2.75, 3.05) is 5.73 Å². The lowest BCUT2D eigenvalue weighted by molar-refractivity contribution is 0.0950. The molecule has 0 spiro atoms. The minimum Gasteiger partial charge on any atom is -0.399 e. The zero-order valence-electron chi connectivity index (χ0n) is 9.69. The monoisotopic (exact) mass is 304 g/mol. The van der Waals surface area contributed by atoms with Crippen LogP contribution in [-0.4, -0.2) is 5.91 Å². The van der Waals surface area contributed by atoms with Crippen molar-refractivity contribution in [1.29, 1.82) is 0 Å². The molecule has 0 atom stereocenters. The van der Waals surface area contributed by atoms with Crippen molar-refractivity contribution in [1.82, 2.24) is 5.32 Å². The Balaban J connectivity index is 2.06. The number of anilines is 1. The Labute approximate surface area is 114 Å². The van der Waals surface area contributed by atoms with Gasteiger partial charge in [-0.05, 0) is 39.7 Å². The molecule has 0 aliphatic carbocycles. The summed E-state index contributed by atoms with van der Waals surface area (Å²) in [6.45, 7) is 0.501. The molecule has 0 radical (unpaired) electrons. The van der Waals surface area contributed by atoms with E-state index in [1.807, 2.05) is 30.3 Å². The van der Waals surface area contributed by atoms with E-state index in [0.717, 1.165) is 10.0 Å². The summed E-state index contributed by atoms with van der Waals surface area (Å²) >= 11 is 3.34. The smallest absolute Gasteiger partial charge is 0.252 e. The third-order valence-corrected chi connectivity index (χ3v) is 3.22. The maximum atomic E-state index is 12.0. The Hall–Kier alpha value is -1.81. The normalized spacial score (nSPS) is 10.1. The molecular formula is C14H13BrN2O. The van der Waals surface area contributed by atoms with Gasteiger partial charge in [0, 0.05) is 16.7 Å². The molecule has 3 N–H and O–H groups in total. The van der Waals surface area contributed by atoms with E-state index in [0.29, 0.717) is 17.8 Å². The van der Waals surface area contributed by atoms with Gasteiger partial charge in [0.15, 0.2) is 0 Å². The molecule has 92 valence electrons. The summed E-state index contributed by atoms with van der Waals surface area (Å²) in [5.41, 5.74) is 7.85. The van der Waals surface area contributed by atoms with Crippen LogP contribution in [0.5, 0.6) is 0 Å². The molecule has 18 heavy (non-hydrogen) atoms. The topological polar surface area (TPSA) is 55.1 Å². The second-order valence-electron chi connectivity index (χ2n) is 3.91. The van der Waals surface area contributed by atoms with Crippen molar-refractivity contribution in [3.63, 3.8) is 0 Å². The van der Waals surface area contributed by atoms with Gasteiger partial charge in [0.1, 0.15) is 0 Å². The highest BCUT2D eigenvalue weighted by atomic mass is 79.9. The van der Waals surface area contributed by atoms with Gasteiger partial charge in [-0.1, -0.05) is 30.3 Å². The number of nitrogens with one attached hydrogen (secondary N) is 1. The van der Waals surface area contributed by atoms with E-state index in [4.69, 9.17) is 5.73 Å². The molecule has 4 heteroatoms. The molecular weight excluding hydrogens is 292 g/mol. The fourth-order valence-corrected chi connectivity index (χ4v) is 2.02. The van der Waals surface area contributed by atoms with Crippen LogP contribution in [-0.2, 0) is 6.54 Å². The Morgan fingerprint density at radius 2 is 1.89 bits per heavy atom. The summed E-state index contributed by atoms with van der Waals surface area (Å²) < 4.78 is 0.738. The molecule has 0 bridgehead atoms. The number of hydrogen-bond acceptors (Lipinski definition) is 2. The lowest BCUT2D eigenvalue weighted by Crippen LogP contribution is -2.23. The molecule has 0 unspecified atom stereocenters. The average molecular weight is 305 g/mol. The first-order chi connectivity index (χ1) is 8.66. The van der Waals surface area contributed by atoms with Gasteiger partial charge < -0.3 is 11.1 Å². The average Bonchev–Trinajstić information content (AvgIpc) is 2.40. The summed E-state index contributed by atoms with van der Waals surface area (Å²) in [5, 5.41) is 2.86. The van der Waals surface area contributed by atoms with Crippen LogP contribution < -0.4 is 11.1 Å². The fraction of sp³-hybridized carbons (Fsp3) is 0.0714. The zero-order valence-corrected chi connectivity index (χ0v) is 11.3. The van der Waals surface area contributed by atoms with Crippen molar-refractivity contribution in [2.24, 2.45) is 0 Å². The number of nitrogens with two attached hydrogens (primary N) is 1. The molecule has 0 saturated carbocycles. The molecule has 1 amide bonds. The van der Waals surface area contributed by atoms with Crippen LogP contribution in [0.15, 0.2) is 53.0 Å². The van der Waals surface area contributed by atoms with Crippen LogP contribution in [0.4, 0.5) is 5.69 Å². The van der Waals surface area contributed by atoms with Gasteiger partial charge in [-0.15, -0.1) is 0 Å². The van der Waals surface area contributed by atoms with Crippen LogP contribution >= 0.6 is 15.9 Å².